The van der Waals surface area contributed by atoms with Crippen LogP contribution in [-0.4, -0.2) is 35.8 Å². The van der Waals surface area contributed by atoms with Gasteiger partial charge in [-0.15, -0.1) is 0 Å². The lowest BCUT2D eigenvalue weighted by Gasteiger charge is -2.15. The number of aryl methyl sites for hydroxylation is 1. The van der Waals surface area contributed by atoms with Crippen molar-refractivity contribution in [2.45, 2.75) is 6.92 Å². The molecule has 0 atom stereocenters. The van der Waals surface area contributed by atoms with Crippen molar-refractivity contribution >= 4 is 23.3 Å². The topological polar surface area (TPSA) is 146 Å². The predicted octanol–water partition coefficient (Wildman–Crippen LogP) is 5.72. The summed E-state index contributed by atoms with van der Waals surface area (Å²) in [5, 5.41) is 3.03. The van der Waals surface area contributed by atoms with Crippen LogP contribution in [0.2, 0.25) is 5.02 Å². The molecular formula is C26H16ClN7O4. The second-order valence-electron chi connectivity index (χ2n) is 7.98. The summed E-state index contributed by atoms with van der Waals surface area (Å²) in [6.07, 6.45) is 15.0. The third kappa shape index (κ3) is 4.20. The Labute approximate surface area is 219 Å². The first-order valence-corrected chi connectivity index (χ1v) is 11.6. The highest BCUT2D eigenvalue weighted by atomic mass is 35.5. The molecule has 1 aromatic carbocycles. The van der Waals surface area contributed by atoms with E-state index in [-0.39, 0.29) is 34.4 Å². The SMILES string of the molecule is Cc1cnccc1C(=O)Nc1cnc(-c2cc(-c3ncco3)c(Cl)c(-c3ncco3)c2-c2ncco2)cn1. The van der Waals surface area contributed by atoms with Crippen molar-refractivity contribution in [2.24, 2.45) is 0 Å². The van der Waals surface area contributed by atoms with E-state index in [0.29, 0.717) is 33.5 Å². The largest absolute Gasteiger partial charge is 0.444 e. The molecule has 0 fully saturated rings. The molecule has 0 radical (unpaired) electrons. The van der Waals surface area contributed by atoms with Gasteiger partial charge in [-0.25, -0.2) is 19.9 Å². The van der Waals surface area contributed by atoms with Gasteiger partial charge in [0.1, 0.15) is 18.8 Å². The van der Waals surface area contributed by atoms with Gasteiger partial charge in [0.25, 0.3) is 5.91 Å². The molecule has 0 aliphatic rings. The van der Waals surface area contributed by atoms with Crippen LogP contribution < -0.4 is 5.32 Å². The number of aromatic nitrogens is 6. The lowest BCUT2D eigenvalue weighted by Crippen LogP contribution is -2.14. The van der Waals surface area contributed by atoms with Gasteiger partial charge in [-0.1, -0.05) is 11.6 Å². The minimum atomic E-state index is -0.323. The van der Waals surface area contributed by atoms with Crippen molar-refractivity contribution in [3.63, 3.8) is 0 Å². The highest BCUT2D eigenvalue weighted by Gasteiger charge is 2.28. The summed E-state index contributed by atoms with van der Waals surface area (Å²) < 4.78 is 16.8. The van der Waals surface area contributed by atoms with Gasteiger partial charge in [0.05, 0.1) is 58.4 Å². The zero-order chi connectivity index (χ0) is 26.1. The number of hydrogen-bond donors (Lipinski definition) is 1. The molecule has 186 valence electrons. The number of carbonyl (C=O) groups excluding carboxylic acids is 1. The van der Waals surface area contributed by atoms with E-state index in [1.807, 2.05) is 0 Å². The van der Waals surface area contributed by atoms with E-state index in [9.17, 15) is 4.79 Å². The van der Waals surface area contributed by atoms with Crippen LogP contribution in [-0.2, 0) is 0 Å². The maximum Gasteiger partial charge on any atom is 0.257 e. The maximum atomic E-state index is 12.7. The van der Waals surface area contributed by atoms with E-state index in [1.54, 1.807) is 31.5 Å². The van der Waals surface area contributed by atoms with Gasteiger partial charge in [0.15, 0.2) is 5.82 Å². The summed E-state index contributed by atoms with van der Waals surface area (Å²) in [5.74, 6) is 0.732. The summed E-state index contributed by atoms with van der Waals surface area (Å²) in [6, 6.07) is 3.39. The third-order valence-electron chi connectivity index (χ3n) is 5.65. The number of hydrogen-bond acceptors (Lipinski definition) is 10. The van der Waals surface area contributed by atoms with Gasteiger partial charge >= 0.3 is 0 Å². The molecular weight excluding hydrogens is 510 g/mol. The molecule has 0 spiro atoms. The molecule has 5 aromatic heterocycles. The number of halogens is 1. The Balaban J connectivity index is 1.48. The molecule has 0 aliphatic heterocycles. The second-order valence-corrected chi connectivity index (χ2v) is 8.36. The summed E-state index contributed by atoms with van der Waals surface area (Å²) in [6.45, 7) is 1.80. The van der Waals surface area contributed by atoms with Gasteiger partial charge in [0.2, 0.25) is 17.7 Å². The molecule has 1 N–H and O–H groups in total. The van der Waals surface area contributed by atoms with E-state index in [1.165, 1.54) is 49.8 Å². The fraction of sp³-hybridized carbons (Fsp3) is 0.0385. The monoisotopic (exact) mass is 525 g/mol. The summed E-state index contributed by atoms with van der Waals surface area (Å²) in [5.41, 5.74) is 3.59. The van der Waals surface area contributed by atoms with E-state index in [4.69, 9.17) is 24.9 Å². The fourth-order valence-corrected chi connectivity index (χ4v) is 4.24. The number of oxazole rings is 3. The Morgan fingerprint density at radius 1 is 0.789 bits per heavy atom. The Morgan fingerprint density at radius 3 is 2.08 bits per heavy atom. The zero-order valence-corrected chi connectivity index (χ0v) is 20.4. The predicted molar refractivity (Wildman–Crippen MR) is 136 cm³/mol. The van der Waals surface area contributed by atoms with E-state index in [0.717, 1.165) is 5.56 Å². The molecule has 6 rings (SSSR count). The number of benzene rings is 1. The summed E-state index contributed by atoms with van der Waals surface area (Å²) >= 11 is 6.87. The molecule has 12 heteroatoms. The van der Waals surface area contributed by atoms with Gasteiger partial charge in [0, 0.05) is 23.5 Å². The van der Waals surface area contributed by atoms with E-state index in [2.05, 4.69) is 35.2 Å². The van der Waals surface area contributed by atoms with Crippen molar-refractivity contribution < 1.29 is 18.0 Å². The standard InChI is InChI=1S/C26H16ClN7O4/c1-14-11-28-3-2-15(14)23(35)34-19-13-32-18(12-33-19)16-10-17(24-29-4-7-36-24)22(27)21(26-31-6-9-38-26)20(16)25-30-5-8-37-25/h2-13H,1H3,(H,33,34,35). The number of amides is 1. The third-order valence-corrected chi connectivity index (χ3v) is 6.05. The Morgan fingerprint density at radius 2 is 1.47 bits per heavy atom. The maximum absolute atomic E-state index is 12.7. The Hall–Kier alpha value is -5.16. The van der Waals surface area contributed by atoms with Crippen molar-refractivity contribution in [2.75, 3.05) is 5.32 Å². The van der Waals surface area contributed by atoms with Crippen LogP contribution in [0.4, 0.5) is 5.82 Å². The van der Waals surface area contributed by atoms with Crippen molar-refractivity contribution in [1.29, 1.82) is 0 Å². The quantitative estimate of drug-likeness (QED) is 0.286. The van der Waals surface area contributed by atoms with Crippen LogP contribution in [0.25, 0.3) is 45.6 Å². The van der Waals surface area contributed by atoms with Gasteiger partial charge < -0.3 is 18.6 Å². The molecule has 5 heterocycles. The first kappa shape index (κ1) is 23.3. The van der Waals surface area contributed by atoms with E-state index < -0.39 is 0 Å². The summed E-state index contributed by atoms with van der Waals surface area (Å²) in [4.78, 5) is 38.6. The molecule has 1 amide bonds. The van der Waals surface area contributed by atoms with Crippen LogP contribution in [0.15, 0.2) is 87.6 Å². The fourth-order valence-electron chi connectivity index (χ4n) is 3.93. The summed E-state index contributed by atoms with van der Waals surface area (Å²) in [7, 11) is 0. The van der Waals surface area contributed by atoms with Crippen LogP contribution in [0.1, 0.15) is 15.9 Å². The smallest absolute Gasteiger partial charge is 0.257 e. The highest BCUT2D eigenvalue weighted by molar-refractivity contribution is 6.37. The van der Waals surface area contributed by atoms with Gasteiger partial charge in [-0.3, -0.25) is 14.8 Å². The number of nitrogens with zero attached hydrogens (tertiary/aromatic N) is 6. The Kier molecular flexibility index (Phi) is 5.94. The molecule has 38 heavy (non-hydrogen) atoms. The molecule has 0 saturated carbocycles. The number of anilines is 1. The first-order valence-electron chi connectivity index (χ1n) is 11.2. The van der Waals surface area contributed by atoms with Gasteiger partial charge in [-0.2, -0.15) is 0 Å². The van der Waals surface area contributed by atoms with E-state index >= 15 is 0 Å². The molecule has 6 aromatic rings. The molecule has 0 unspecified atom stereocenters. The minimum Gasteiger partial charge on any atom is -0.444 e. The lowest BCUT2D eigenvalue weighted by atomic mass is 9.94. The molecule has 0 aliphatic carbocycles. The van der Waals surface area contributed by atoms with Crippen LogP contribution in [0, 0.1) is 6.92 Å². The van der Waals surface area contributed by atoms with Crippen molar-refractivity contribution in [3.8, 4) is 45.6 Å². The van der Waals surface area contributed by atoms with Crippen molar-refractivity contribution in [1.82, 2.24) is 29.9 Å². The average Bonchev–Trinajstić information content (AvgIpc) is 3.73. The number of pyridine rings is 1. The molecule has 0 bridgehead atoms. The number of nitrogens with one attached hydrogen (secondary N) is 1. The van der Waals surface area contributed by atoms with Gasteiger partial charge in [-0.05, 0) is 24.6 Å². The number of carbonyl (C=O) groups is 1. The van der Waals surface area contributed by atoms with Crippen LogP contribution >= 0.6 is 11.6 Å². The average molecular weight is 526 g/mol. The lowest BCUT2D eigenvalue weighted by molar-refractivity contribution is 0.102. The van der Waals surface area contributed by atoms with Crippen LogP contribution in [0.3, 0.4) is 0 Å². The van der Waals surface area contributed by atoms with Crippen molar-refractivity contribution in [3.05, 3.63) is 90.4 Å². The van der Waals surface area contributed by atoms with Crippen LogP contribution in [0.5, 0.6) is 0 Å². The minimum absolute atomic E-state index is 0.238. The molecule has 0 saturated heterocycles. The number of rotatable bonds is 6. The Bertz CT molecular complexity index is 1720. The first-order chi connectivity index (χ1) is 18.6. The second kappa shape index (κ2) is 9.71. The highest BCUT2D eigenvalue weighted by Crippen LogP contribution is 2.47. The zero-order valence-electron chi connectivity index (χ0n) is 19.6. The molecule has 11 nitrogen and oxygen atoms in total. The normalized spacial score (nSPS) is 11.0.